The van der Waals surface area contributed by atoms with Gasteiger partial charge in [-0.05, 0) is 37.5 Å². The minimum absolute atomic E-state index is 0.00578. The molecule has 0 radical (unpaired) electrons. The van der Waals surface area contributed by atoms with Crippen LogP contribution in [0.5, 0.6) is 0 Å². The highest BCUT2D eigenvalue weighted by atomic mass is 16.2. The van der Waals surface area contributed by atoms with E-state index in [0.29, 0.717) is 11.5 Å². The molecule has 3 aromatic rings. The van der Waals surface area contributed by atoms with Gasteiger partial charge < -0.3 is 10.6 Å². The molecule has 4 rings (SSSR count). The molecule has 1 atom stereocenters. The summed E-state index contributed by atoms with van der Waals surface area (Å²) in [6, 6.07) is 5.20. The molecule has 0 spiro atoms. The summed E-state index contributed by atoms with van der Waals surface area (Å²) in [5.74, 6) is 0.697. The Balaban J connectivity index is 1.41. The zero-order valence-electron chi connectivity index (χ0n) is 13.9. The quantitative estimate of drug-likeness (QED) is 0.767. The zero-order chi connectivity index (χ0) is 17.2. The molecule has 0 saturated carbocycles. The monoisotopic (exact) mass is 337 g/mol. The molecule has 3 heterocycles. The van der Waals surface area contributed by atoms with Crippen molar-refractivity contribution in [1.82, 2.24) is 29.9 Å². The van der Waals surface area contributed by atoms with Crippen LogP contribution in [0.3, 0.4) is 0 Å². The molecule has 0 unspecified atom stereocenters. The second-order valence-corrected chi connectivity index (χ2v) is 6.07. The van der Waals surface area contributed by atoms with Gasteiger partial charge in [0.25, 0.3) is 0 Å². The molecule has 128 valence electrons. The van der Waals surface area contributed by atoms with E-state index in [1.54, 1.807) is 23.1 Å². The molecule has 2 N–H and O–H groups in total. The average molecular weight is 337 g/mol. The van der Waals surface area contributed by atoms with Crippen LogP contribution in [-0.4, -0.2) is 30.6 Å². The van der Waals surface area contributed by atoms with E-state index in [2.05, 4.69) is 25.8 Å². The van der Waals surface area contributed by atoms with Crippen LogP contribution in [0.25, 0.3) is 5.82 Å². The Kier molecular flexibility index (Phi) is 3.93. The first kappa shape index (κ1) is 15.4. The largest absolute Gasteiger partial charge is 0.331 e. The van der Waals surface area contributed by atoms with Gasteiger partial charge in [-0.3, -0.25) is 4.68 Å². The Morgan fingerprint density at radius 2 is 2.20 bits per heavy atom. The van der Waals surface area contributed by atoms with E-state index in [9.17, 15) is 4.79 Å². The number of carbonyl (C=O) groups excluding carboxylic acids is 1. The fourth-order valence-corrected chi connectivity index (χ4v) is 3.18. The first-order valence-electron chi connectivity index (χ1n) is 8.25. The van der Waals surface area contributed by atoms with Crippen LogP contribution < -0.4 is 10.6 Å². The number of rotatable bonds is 3. The fourth-order valence-electron chi connectivity index (χ4n) is 3.18. The molecule has 0 saturated heterocycles. The Morgan fingerprint density at radius 3 is 2.96 bits per heavy atom. The Morgan fingerprint density at radius 1 is 1.28 bits per heavy atom. The number of anilines is 1. The maximum Gasteiger partial charge on any atom is 0.319 e. The molecule has 1 aliphatic rings. The van der Waals surface area contributed by atoms with Gasteiger partial charge >= 0.3 is 6.03 Å². The Bertz CT molecular complexity index is 867. The third-order valence-electron chi connectivity index (χ3n) is 4.43. The van der Waals surface area contributed by atoms with Gasteiger partial charge in [-0.2, -0.15) is 10.2 Å². The standard InChI is InChI=1S/C17H19N7O/c1-23-15-5-2-4-14(13(15)11-20-23)22-17(25)21-12-6-7-16(18-10-12)24-9-3-8-19-24/h3,6-11,14H,2,4-5H2,1H3,(H2,21,22,25)/t14-/m0/s1. The van der Waals surface area contributed by atoms with Gasteiger partial charge in [0.05, 0.1) is 24.1 Å². The summed E-state index contributed by atoms with van der Waals surface area (Å²) in [5.41, 5.74) is 2.94. The van der Waals surface area contributed by atoms with Crippen molar-refractivity contribution >= 4 is 11.7 Å². The normalized spacial score (nSPS) is 16.3. The van der Waals surface area contributed by atoms with Crippen molar-refractivity contribution < 1.29 is 4.79 Å². The number of hydrogen-bond donors (Lipinski definition) is 2. The number of nitrogens with zero attached hydrogens (tertiary/aromatic N) is 5. The summed E-state index contributed by atoms with van der Waals surface area (Å²) in [4.78, 5) is 16.6. The van der Waals surface area contributed by atoms with Crippen LogP contribution >= 0.6 is 0 Å². The van der Waals surface area contributed by atoms with E-state index in [-0.39, 0.29) is 12.1 Å². The molecule has 8 nitrogen and oxygen atoms in total. The molecule has 3 aromatic heterocycles. The van der Waals surface area contributed by atoms with Gasteiger partial charge in [-0.1, -0.05) is 0 Å². The van der Waals surface area contributed by atoms with Gasteiger partial charge in [-0.15, -0.1) is 0 Å². The minimum Gasteiger partial charge on any atom is -0.331 e. The topological polar surface area (TPSA) is 89.7 Å². The molecule has 8 heteroatoms. The van der Waals surface area contributed by atoms with E-state index < -0.39 is 0 Å². The van der Waals surface area contributed by atoms with Gasteiger partial charge in [-0.25, -0.2) is 14.5 Å². The lowest BCUT2D eigenvalue weighted by atomic mass is 9.93. The van der Waals surface area contributed by atoms with Crippen molar-refractivity contribution in [2.75, 3.05) is 5.32 Å². The summed E-state index contributed by atoms with van der Waals surface area (Å²) in [5, 5.41) is 14.3. The number of amides is 2. The minimum atomic E-state index is -0.240. The predicted molar refractivity (Wildman–Crippen MR) is 92.4 cm³/mol. The van der Waals surface area contributed by atoms with E-state index in [0.717, 1.165) is 24.8 Å². The molecule has 0 fully saturated rings. The predicted octanol–water partition coefficient (Wildman–Crippen LogP) is 2.20. The number of hydrogen-bond acceptors (Lipinski definition) is 4. The van der Waals surface area contributed by atoms with Crippen LogP contribution in [0, 0.1) is 0 Å². The second kappa shape index (κ2) is 6.39. The lowest BCUT2D eigenvalue weighted by Gasteiger charge is -2.23. The van der Waals surface area contributed by atoms with Crippen molar-refractivity contribution in [3.63, 3.8) is 0 Å². The highest BCUT2D eigenvalue weighted by molar-refractivity contribution is 5.89. The third kappa shape index (κ3) is 3.10. The number of nitrogens with one attached hydrogen (secondary N) is 2. The van der Waals surface area contributed by atoms with Gasteiger partial charge in [0.1, 0.15) is 0 Å². The molecule has 0 aliphatic heterocycles. The zero-order valence-corrected chi connectivity index (χ0v) is 13.9. The summed E-state index contributed by atoms with van der Waals surface area (Å²) < 4.78 is 3.55. The van der Waals surface area contributed by atoms with Crippen molar-refractivity contribution in [2.45, 2.75) is 25.3 Å². The van der Waals surface area contributed by atoms with Crippen LogP contribution in [0.15, 0.2) is 43.0 Å². The van der Waals surface area contributed by atoms with E-state index in [1.807, 2.05) is 36.3 Å². The second-order valence-electron chi connectivity index (χ2n) is 6.07. The molecule has 1 aliphatic carbocycles. The lowest BCUT2D eigenvalue weighted by Crippen LogP contribution is -2.34. The maximum atomic E-state index is 12.3. The number of carbonyl (C=O) groups is 1. The molecular formula is C17H19N7O. The van der Waals surface area contributed by atoms with Crippen LogP contribution in [0.4, 0.5) is 10.5 Å². The van der Waals surface area contributed by atoms with Gasteiger partial charge in [0.15, 0.2) is 5.82 Å². The van der Waals surface area contributed by atoms with Crippen LogP contribution in [0.2, 0.25) is 0 Å². The van der Waals surface area contributed by atoms with E-state index in [1.165, 1.54) is 5.69 Å². The smallest absolute Gasteiger partial charge is 0.319 e. The van der Waals surface area contributed by atoms with Crippen molar-refractivity contribution in [3.8, 4) is 5.82 Å². The van der Waals surface area contributed by atoms with E-state index >= 15 is 0 Å². The number of urea groups is 1. The van der Waals surface area contributed by atoms with Gasteiger partial charge in [0, 0.05) is 30.7 Å². The first-order valence-corrected chi connectivity index (χ1v) is 8.25. The van der Waals surface area contributed by atoms with Crippen molar-refractivity contribution in [2.24, 2.45) is 7.05 Å². The fraction of sp³-hybridized carbons (Fsp3) is 0.294. The molecule has 0 bridgehead atoms. The Labute approximate surface area is 144 Å². The number of pyridine rings is 1. The van der Waals surface area contributed by atoms with Crippen LogP contribution in [-0.2, 0) is 13.5 Å². The summed E-state index contributed by atoms with van der Waals surface area (Å²) in [6.45, 7) is 0. The van der Waals surface area contributed by atoms with Crippen molar-refractivity contribution in [1.29, 1.82) is 0 Å². The number of aryl methyl sites for hydroxylation is 1. The SMILES string of the molecule is Cn1ncc2c1CCC[C@@H]2NC(=O)Nc1ccc(-n2cccn2)nc1. The maximum absolute atomic E-state index is 12.3. The summed E-state index contributed by atoms with van der Waals surface area (Å²) in [6.07, 6.45) is 9.94. The molecular weight excluding hydrogens is 318 g/mol. The van der Waals surface area contributed by atoms with Gasteiger partial charge in [0.2, 0.25) is 0 Å². The van der Waals surface area contributed by atoms with Crippen molar-refractivity contribution in [3.05, 3.63) is 54.2 Å². The molecule has 0 aromatic carbocycles. The molecule has 2 amide bonds. The summed E-state index contributed by atoms with van der Waals surface area (Å²) in [7, 11) is 1.94. The van der Waals surface area contributed by atoms with E-state index in [4.69, 9.17) is 0 Å². The first-order chi connectivity index (χ1) is 12.2. The summed E-state index contributed by atoms with van der Waals surface area (Å²) >= 11 is 0. The average Bonchev–Trinajstić information content (AvgIpc) is 3.27. The third-order valence-corrected chi connectivity index (χ3v) is 4.43. The highest BCUT2D eigenvalue weighted by Gasteiger charge is 2.24. The van der Waals surface area contributed by atoms with Crippen LogP contribution in [0.1, 0.15) is 30.1 Å². The lowest BCUT2D eigenvalue weighted by molar-refractivity contribution is 0.247. The number of fused-ring (bicyclic) bond motifs is 1. The highest BCUT2D eigenvalue weighted by Crippen LogP contribution is 2.29. The Hall–Kier alpha value is -3.16. The number of aromatic nitrogens is 5. The molecule has 25 heavy (non-hydrogen) atoms.